The Morgan fingerprint density at radius 2 is 2.05 bits per heavy atom. The van der Waals surface area contributed by atoms with Gasteiger partial charge in [0.2, 0.25) is 0 Å². The summed E-state index contributed by atoms with van der Waals surface area (Å²) in [5.74, 6) is 0.239. The highest BCUT2D eigenvalue weighted by molar-refractivity contribution is 6.31. The molecule has 0 spiro atoms. The molecule has 0 saturated heterocycles. The Morgan fingerprint density at radius 1 is 1.21 bits per heavy atom. The number of rotatable bonds is 10. The van der Waals surface area contributed by atoms with Crippen LogP contribution < -0.4 is 5.32 Å². The van der Waals surface area contributed by atoms with Gasteiger partial charge in [-0.3, -0.25) is 0 Å². The third kappa shape index (κ3) is 6.78. The quantitative estimate of drug-likeness (QED) is 0.650. The van der Waals surface area contributed by atoms with Crippen LogP contribution in [0.4, 0.5) is 0 Å². The molecule has 0 bridgehead atoms. The number of unbranched alkanes of at least 4 members (excludes halogenated alkanes) is 1. The van der Waals surface area contributed by atoms with E-state index >= 15 is 0 Å². The van der Waals surface area contributed by atoms with Gasteiger partial charge in [-0.1, -0.05) is 17.7 Å². The Morgan fingerprint density at radius 3 is 2.79 bits per heavy atom. The van der Waals surface area contributed by atoms with Crippen LogP contribution in [0, 0.1) is 0 Å². The molecule has 5 heteroatoms. The van der Waals surface area contributed by atoms with Gasteiger partial charge in [-0.2, -0.15) is 0 Å². The molecule has 0 fully saturated rings. The first-order valence-electron chi connectivity index (χ1n) is 6.49. The summed E-state index contributed by atoms with van der Waals surface area (Å²) in [6, 6.07) is 5.16. The van der Waals surface area contributed by atoms with Gasteiger partial charge in [0, 0.05) is 30.8 Å². The SMILES string of the molecule is COCCOCCCCNCc1c(O)cccc1Cl. The molecule has 0 atom stereocenters. The lowest BCUT2D eigenvalue weighted by Crippen LogP contribution is -2.15. The molecule has 0 heterocycles. The minimum Gasteiger partial charge on any atom is -0.508 e. The minimum atomic E-state index is 0.239. The number of aromatic hydroxyl groups is 1. The topological polar surface area (TPSA) is 50.7 Å². The molecular formula is C14H22ClNO3. The van der Waals surface area contributed by atoms with Crippen LogP contribution in [-0.4, -0.2) is 38.6 Å². The van der Waals surface area contributed by atoms with Crippen LogP contribution in [0.3, 0.4) is 0 Å². The van der Waals surface area contributed by atoms with E-state index in [1.165, 1.54) is 0 Å². The second kappa shape index (κ2) is 10.0. The zero-order chi connectivity index (χ0) is 13.9. The van der Waals surface area contributed by atoms with E-state index in [1.54, 1.807) is 25.3 Å². The Labute approximate surface area is 119 Å². The van der Waals surface area contributed by atoms with Crippen molar-refractivity contribution in [3.8, 4) is 5.75 Å². The van der Waals surface area contributed by atoms with Gasteiger partial charge in [-0.05, 0) is 31.5 Å². The third-order valence-electron chi connectivity index (χ3n) is 2.72. The van der Waals surface area contributed by atoms with E-state index in [1.807, 2.05) is 0 Å². The van der Waals surface area contributed by atoms with E-state index in [2.05, 4.69) is 5.32 Å². The van der Waals surface area contributed by atoms with E-state index in [9.17, 15) is 5.11 Å². The van der Waals surface area contributed by atoms with Crippen LogP contribution in [-0.2, 0) is 16.0 Å². The average Bonchev–Trinajstić information content (AvgIpc) is 2.40. The molecular weight excluding hydrogens is 266 g/mol. The van der Waals surface area contributed by atoms with E-state index in [4.69, 9.17) is 21.1 Å². The lowest BCUT2D eigenvalue weighted by atomic mass is 10.2. The molecule has 0 aliphatic carbocycles. The molecule has 0 unspecified atom stereocenters. The van der Waals surface area contributed by atoms with Crippen molar-refractivity contribution in [1.82, 2.24) is 5.32 Å². The van der Waals surface area contributed by atoms with Crippen molar-refractivity contribution in [2.45, 2.75) is 19.4 Å². The fourth-order valence-corrected chi connectivity index (χ4v) is 1.87. The highest BCUT2D eigenvalue weighted by Crippen LogP contribution is 2.24. The van der Waals surface area contributed by atoms with Crippen LogP contribution >= 0.6 is 11.6 Å². The fourth-order valence-electron chi connectivity index (χ4n) is 1.63. The molecule has 2 N–H and O–H groups in total. The molecule has 0 aromatic heterocycles. The van der Waals surface area contributed by atoms with Crippen LogP contribution in [0.1, 0.15) is 18.4 Å². The maximum Gasteiger partial charge on any atom is 0.121 e. The second-order valence-electron chi connectivity index (χ2n) is 4.23. The van der Waals surface area contributed by atoms with Crippen molar-refractivity contribution >= 4 is 11.6 Å². The van der Waals surface area contributed by atoms with Gasteiger partial charge in [0.15, 0.2) is 0 Å². The predicted octanol–water partition coefficient (Wildman–Crippen LogP) is 2.58. The number of methoxy groups -OCH3 is 1. The van der Waals surface area contributed by atoms with Crippen molar-refractivity contribution in [3.05, 3.63) is 28.8 Å². The number of benzene rings is 1. The van der Waals surface area contributed by atoms with Gasteiger partial charge < -0.3 is 19.9 Å². The summed E-state index contributed by atoms with van der Waals surface area (Å²) in [6.07, 6.45) is 2.03. The van der Waals surface area contributed by atoms with Crippen molar-refractivity contribution in [1.29, 1.82) is 0 Å². The molecule has 1 rings (SSSR count). The number of halogens is 1. The first-order valence-corrected chi connectivity index (χ1v) is 6.87. The number of nitrogens with one attached hydrogen (secondary N) is 1. The van der Waals surface area contributed by atoms with Gasteiger partial charge in [0.1, 0.15) is 5.75 Å². The number of hydrogen-bond acceptors (Lipinski definition) is 4. The van der Waals surface area contributed by atoms with Crippen molar-refractivity contribution in [2.75, 3.05) is 33.5 Å². The Kier molecular flexibility index (Phi) is 8.58. The van der Waals surface area contributed by atoms with Crippen molar-refractivity contribution < 1.29 is 14.6 Å². The molecule has 0 aliphatic heterocycles. The molecule has 4 nitrogen and oxygen atoms in total. The first kappa shape index (κ1) is 16.2. The second-order valence-corrected chi connectivity index (χ2v) is 4.63. The van der Waals surface area contributed by atoms with Crippen LogP contribution in [0.15, 0.2) is 18.2 Å². The van der Waals surface area contributed by atoms with Crippen molar-refractivity contribution in [2.24, 2.45) is 0 Å². The minimum absolute atomic E-state index is 0.239. The maximum atomic E-state index is 9.66. The predicted molar refractivity (Wildman–Crippen MR) is 76.8 cm³/mol. The normalized spacial score (nSPS) is 10.8. The number of ether oxygens (including phenoxy) is 2. The smallest absolute Gasteiger partial charge is 0.121 e. The molecule has 0 amide bonds. The average molecular weight is 288 g/mol. The number of hydrogen-bond donors (Lipinski definition) is 2. The van der Waals surface area contributed by atoms with Gasteiger partial charge in [-0.25, -0.2) is 0 Å². The van der Waals surface area contributed by atoms with Gasteiger partial charge in [0.05, 0.1) is 13.2 Å². The summed E-state index contributed by atoms with van der Waals surface area (Å²) in [5, 5.41) is 13.5. The summed E-state index contributed by atoms with van der Waals surface area (Å²) in [4.78, 5) is 0. The highest BCUT2D eigenvalue weighted by Gasteiger charge is 2.04. The molecule has 0 saturated carbocycles. The fraction of sp³-hybridized carbons (Fsp3) is 0.571. The lowest BCUT2D eigenvalue weighted by molar-refractivity contribution is 0.0688. The van der Waals surface area contributed by atoms with Gasteiger partial charge >= 0.3 is 0 Å². The first-order chi connectivity index (χ1) is 9.25. The monoisotopic (exact) mass is 287 g/mol. The summed E-state index contributed by atoms with van der Waals surface area (Å²) < 4.78 is 10.2. The largest absolute Gasteiger partial charge is 0.508 e. The highest BCUT2D eigenvalue weighted by atomic mass is 35.5. The van der Waals surface area contributed by atoms with Gasteiger partial charge in [0.25, 0.3) is 0 Å². The zero-order valence-corrected chi connectivity index (χ0v) is 12.1. The van der Waals surface area contributed by atoms with E-state index in [0.717, 1.165) is 31.6 Å². The zero-order valence-electron chi connectivity index (χ0n) is 11.3. The van der Waals surface area contributed by atoms with E-state index in [-0.39, 0.29) is 5.75 Å². The third-order valence-corrected chi connectivity index (χ3v) is 3.07. The van der Waals surface area contributed by atoms with Crippen molar-refractivity contribution in [3.63, 3.8) is 0 Å². The number of phenols is 1. The summed E-state index contributed by atoms with van der Waals surface area (Å²) in [5.41, 5.74) is 0.750. The van der Waals surface area contributed by atoms with Gasteiger partial charge in [-0.15, -0.1) is 0 Å². The Balaban J connectivity index is 2.05. The molecule has 1 aromatic carbocycles. The molecule has 0 radical (unpaired) electrons. The molecule has 19 heavy (non-hydrogen) atoms. The lowest BCUT2D eigenvalue weighted by Gasteiger charge is -2.08. The van der Waals surface area contributed by atoms with Crippen LogP contribution in [0.2, 0.25) is 5.02 Å². The number of phenolic OH excluding ortho intramolecular Hbond substituents is 1. The van der Waals surface area contributed by atoms with E-state index < -0.39 is 0 Å². The Bertz CT molecular complexity index is 340. The summed E-state index contributed by atoms with van der Waals surface area (Å²) in [7, 11) is 1.66. The summed E-state index contributed by atoms with van der Waals surface area (Å²) >= 11 is 6.01. The molecule has 1 aromatic rings. The molecule has 0 aliphatic rings. The Hall–Kier alpha value is -0.810. The van der Waals surface area contributed by atoms with Crippen LogP contribution in [0.5, 0.6) is 5.75 Å². The maximum absolute atomic E-state index is 9.66. The summed E-state index contributed by atoms with van der Waals surface area (Å²) in [6.45, 7) is 3.50. The molecule has 108 valence electrons. The standard InChI is InChI=1S/C14H22ClNO3/c1-18-9-10-19-8-3-2-7-16-11-12-13(15)5-4-6-14(12)17/h4-6,16-17H,2-3,7-11H2,1H3. The van der Waals surface area contributed by atoms with E-state index in [0.29, 0.717) is 24.8 Å². The van der Waals surface area contributed by atoms with Crippen LogP contribution in [0.25, 0.3) is 0 Å².